The van der Waals surface area contributed by atoms with Gasteiger partial charge in [-0.2, -0.15) is 11.8 Å². The molecule has 0 saturated carbocycles. The lowest BCUT2D eigenvalue weighted by atomic mass is 9.74. The number of hydrogen-bond donors (Lipinski definition) is 7. The Morgan fingerprint density at radius 1 is 0.938 bits per heavy atom. The number of aromatic hydroxyl groups is 1. The van der Waals surface area contributed by atoms with Gasteiger partial charge in [-0.3, -0.25) is 33.8 Å². The Hall–Kier alpha value is -5.81. The number of fused-ring (bicyclic) bond motifs is 15. The topological polar surface area (TPSA) is 282 Å². The first kappa shape index (κ1) is 61.3. The highest BCUT2D eigenvalue weighted by Gasteiger charge is 2.55. The Morgan fingerprint density at radius 2 is 1.64 bits per heavy atom. The van der Waals surface area contributed by atoms with Crippen LogP contribution in [0.25, 0.3) is 0 Å². The molecular weight excluding hydrogens is 1060 g/mol. The van der Waals surface area contributed by atoms with E-state index in [2.05, 4.69) is 45.3 Å². The molecule has 7 heterocycles. The van der Waals surface area contributed by atoms with Crippen LogP contribution < -0.4 is 31.3 Å². The molecule has 1 spiro atoms. The molecule has 5 bridgehead atoms. The Kier molecular flexibility index (Phi) is 18.9. The Morgan fingerprint density at radius 3 is 2.31 bits per heavy atom. The van der Waals surface area contributed by atoms with Crippen molar-refractivity contribution >= 4 is 58.6 Å². The monoisotopic (exact) mass is 1150 g/mol. The minimum absolute atomic E-state index is 0.00528. The van der Waals surface area contributed by atoms with Crippen molar-refractivity contribution in [2.75, 3.05) is 46.2 Å². The number of carbonyl (C=O) groups is 7. The standard InChI is InChI=1S/C59H83N7O14S/c1-28(2)26-66-22-20-59(21-23-66)64-46-42-43-50(71)34(8)54-44(42)55(73)58(10,80-54)78-24-19-39(76-11)31(5)53(79-35(9)67)33(7)49(70)32(6)52(77-12)30(4)36(18-17-29(3)56(74)62-48(51(43)72)47(46)65-59)38(68)25-60-41(69)16-14-13-15-40-45-37(27-81-40)61-57(75)63-45/h17,19,24,28,30-33,36-37,39-40,45,49,52-53,65,70-71H,13-16,18,20-23,25-27H2,1-12H3,(H,60,69)(H,62,74)(H2,61,63,75)/b24-19+,29-17-/t30-,31+,32-,33+,36?,37?,39-,40?,45?,49+,52-,53+,58-/m0/s1. The average molecular weight is 1150 g/mol. The van der Waals surface area contributed by atoms with Gasteiger partial charge in [-0.15, -0.1) is 0 Å². The molecule has 81 heavy (non-hydrogen) atoms. The van der Waals surface area contributed by atoms with Gasteiger partial charge in [0.1, 0.15) is 29.0 Å². The van der Waals surface area contributed by atoms with E-state index in [1.165, 1.54) is 47.3 Å². The normalized spacial score (nSPS) is 33.3. The molecule has 0 radical (unpaired) electrons. The van der Waals surface area contributed by atoms with Crippen molar-refractivity contribution in [1.82, 2.24) is 31.5 Å². The highest BCUT2D eigenvalue weighted by atomic mass is 32.2. The Bertz CT molecular complexity index is 2790. The molecule has 0 aromatic heterocycles. The fourth-order valence-corrected chi connectivity index (χ4v) is 14.6. The number of ketones is 3. The molecule has 1 aliphatic carbocycles. The van der Waals surface area contributed by atoms with Crippen molar-refractivity contribution < 1.29 is 67.5 Å². The number of amides is 4. The first-order valence-electron chi connectivity index (χ1n) is 28.6. The molecule has 22 heteroatoms. The largest absolute Gasteiger partial charge is 0.507 e. The number of methoxy groups -OCH3 is 2. The van der Waals surface area contributed by atoms with Gasteiger partial charge in [-0.1, -0.05) is 54.0 Å². The van der Waals surface area contributed by atoms with E-state index in [9.17, 15) is 39.0 Å². The van der Waals surface area contributed by atoms with Gasteiger partial charge in [0.25, 0.3) is 11.7 Å². The van der Waals surface area contributed by atoms with Crippen molar-refractivity contribution in [2.45, 2.75) is 167 Å². The van der Waals surface area contributed by atoms with E-state index in [-0.39, 0.29) is 105 Å². The molecule has 7 aliphatic heterocycles. The minimum Gasteiger partial charge on any atom is -0.507 e. The lowest BCUT2D eigenvalue weighted by Gasteiger charge is -2.40. The predicted octanol–water partition coefficient (Wildman–Crippen LogP) is 5.13. The number of aliphatic hydroxyl groups excluding tert-OH is 1. The zero-order valence-electron chi connectivity index (χ0n) is 48.8. The summed E-state index contributed by atoms with van der Waals surface area (Å²) in [6.07, 6.45) is 3.96. The molecule has 1 aromatic rings. The van der Waals surface area contributed by atoms with E-state index in [1.807, 2.05) is 6.92 Å². The van der Waals surface area contributed by atoms with Crippen molar-refractivity contribution in [3.63, 3.8) is 0 Å². The average Bonchev–Trinajstić information content (AvgIpc) is 3.92. The number of rotatable bonds is 13. The zero-order chi connectivity index (χ0) is 59.0. The number of allylic oxidation sites excluding steroid dienone is 3. The van der Waals surface area contributed by atoms with Crippen LogP contribution in [-0.2, 0) is 38.1 Å². The molecule has 8 aliphatic rings. The number of unbranched alkanes of at least 4 members (excludes halogenated alkanes) is 1. The summed E-state index contributed by atoms with van der Waals surface area (Å²) < 4.78 is 30.6. The second-order valence-electron chi connectivity index (χ2n) is 23.8. The summed E-state index contributed by atoms with van der Waals surface area (Å²) >= 11 is 1.80. The SMILES string of the molecule is CO[C@@H]1[C@@H](C)[C@@H](O)[C@@H](C)[C@H](OC(C)=O)[C@H](C)[C@@H](OC)/C=C/O[C@@]2(C)Oc3c(C)c(O)c4c(c3C2=O)C2=NC3(CCN(CC(C)C)CC3)NC2=C(NC(=O)/C(C)=C\CC(C(=O)CNC(=O)CCCCC2SCC3NC(=O)NC32)[C@@H]1C)C4=O. The molecule has 1 aromatic carbocycles. The summed E-state index contributed by atoms with van der Waals surface area (Å²) in [4.78, 5) is 105. The summed E-state index contributed by atoms with van der Waals surface area (Å²) in [5, 5.41) is 39.7. The number of ether oxygens (including phenoxy) is 5. The Balaban J connectivity index is 1.14. The number of aliphatic imine (C=N–C) groups is 1. The molecule has 4 amide bonds. The van der Waals surface area contributed by atoms with Gasteiger partial charge in [-0.05, 0) is 51.0 Å². The second-order valence-corrected chi connectivity index (χ2v) is 25.1. The number of urea groups is 1. The first-order valence-corrected chi connectivity index (χ1v) is 29.6. The van der Waals surface area contributed by atoms with Gasteiger partial charge in [0.15, 0.2) is 5.78 Å². The number of benzene rings is 1. The predicted molar refractivity (Wildman–Crippen MR) is 302 cm³/mol. The molecule has 3 saturated heterocycles. The molecule has 4 unspecified atom stereocenters. The number of Topliss-reactive ketones (excluding diaryl/α,β-unsaturated/α-hetero) is 3. The smallest absolute Gasteiger partial charge is 0.315 e. The van der Waals surface area contributed by atoms with Crippen LogP contribution in [0.1, 0.15) is 139 Å². The summed E-state index contributed by atoms with van der Waals surface area (Å²) in [6.45, 7) is 19.1. The number of nitrogens with zero attached hydrogens (tertiary/aromatic N) is 2. The maximum absolute atomic E-state index is 15.1. The molecule has 9 rings (SSSR count). The molecule has 3 fully saturated rings. The zero-order valence-corrected chi connectivity index (χ0v) is 49.6. The summed E-state index contributed by atoms with van der Waals surface area (Å²) in [6, 6.07) is 0.000497. The highest BCUT2D eigenvalue weighted by Crippen LogP contribution is 2.50. The van der Waals surface area contributed by atoms with E-state index >= 15 is 4.79 Å². The summed E-state index contributed by atoms with van der Waals surface area (Å²) in [5.41, 5.74) is -0.739. The fraction of sp³-hybridized carbons (Fsp3) is 0.661. The van der Waals surface area contributed by atoms with Gasteiger partial charge in [-0.25, -0.2) is 4.79 Å². The molecule has 444 valence electrons. The van der Waals surface area contributed by atoms with Crippen molar-refractivity contribution in [2.24, 2.45) is 40.5 Å². The summed E-state index contributed by atoms with van der Waals surface area (Å²) in [7, 11) is 2.93. The minimum atomic E-state index is -2.02. The van der Waals surface area contributed by atoms with Crippen LogP contribution in [0, 0.1) is 42.4 Å². The van der Waals surface area contributed by atoms with E-state index in [4.69, 9.17) is 28.7 Å². The van der Waals surface area contributed by atoms with Gasteiger partial charge in [0.05, 0.1) is 65.7 Å². The quantitative estimate of drug-likeness (QED) is 0.0766. The van der Waals surface area contributed by atoms with Crippen LogP contribution in [-0.4, -0.2) is 161 Å². The number of nitrogens with one attached hydrogen (secondary N) is 5. The molecular formula is C59H83N7O14S. The molecule has 21 nitrogen and oxygen atoms in total. The van der Waals surface area contributed by atoms with Crippen LogP contribution in [0.3, 0.4) is 0 Å². The van der Waals surface area contributed by atoms with Gasteiger partial charge >= 0.3 is 17.8 Å². The van der Waals surface area contributed by atoms with Crippen LogP contribution in [0.5, 0.6) is 11.5 Å². The lowest BCUT2D eigenvalue weighted by Crippen LogP contribution is -2.50. The van der Waals surface area contributed by atoms with E-state index < -0.39 is 94.6 Å². The maximum atomic E-state index is 15.1. The third-order valence-corrected chi connectivity index (χ3v) is 19.2. The molecule has 7 N–H and O–H groups in total. The molecule has 13 atom stereocenters. The van der Waals surface area contributed by atoms with E-state index in [1.54, 1.807) is 45.5 Å². The number of esters is 1. The van der Waals surface area contributed by atoms with Crippen molar-refractivity contribution in [1.29, 1.82) is 0 Å². The van der Waals surface area contributed by atoms with Crippen LogP contribution in [0.4, 0.5) is 4.79 Å². The van der Waals surface area contributed by atoms with Gasteiger partial charge < -0.3 is 65.4 Å². The number of piperidine rings is 1. The number of phenols is 1. The number of carbonyl (C=O) groups excluding carboxylic acids is 7. The summed E-state index contributed by atoms with van der Waals surface area (Å²) in [5.74, 6) is -8.24. The van der Waals surface area contributed by atoms with Gasteiger partial charge in [0.2, 0.25) is 11.7 Å². The number of phenolic OH excluding ortho intramolecular Hbond substituents is 1. The van der Waals surface area contributed by atoms with Crippen LogP contribution >= 0.6 is 11.8 Å². The van der Waals surface area contributed by atoms with Crippen molar-refractivity contribution in [3.05, 3.63) is 57.6 Å². The van der Waals surface area contributed by atoms with Gasteiger partial charge in [0, 0.05) is 118 Å². The van der Waals surface area contributed by atoms with E-state index in [0.29, 0.717) is 38.3 Å². The third kappa shape index (κ3) is 12.5. The van der Waals surface area contributed by atoms with E-state index in [0.717, 1.165) is 25.1 Å². The number of likely N-dealkylation sites (tertiary alicyclic amines) is 1. The Labute approximate surface area is 478 Å². The maximum Gasteiger partial charge on any atom is 0.315 e. The number of hydrogen-bond acceptors (Lipinski definition) is 18. The third-order valence-electron chi connectivity index (χ3n) is 17.7. The second kappa shape index (κ2) is 25.0. The first-order chi connectivity index (χ1) is 38.3. The van der Waals surface area contributed by atoms with Crippen molar-refractivity contribution in [3.8, 4) is 11.5 Å². The van der Waals surface area contributed by atoms with Crippen LogP contribution in [0.2, 0.25) is 0 Å². The fourth-order valence-electron chi connectivity index (χ4n) is 13.1. The number of aliphatic hydroxyl groups is 1. The van der Waals surface area contributed by atoms with Crippen LogP contribution in [0.15, 0.2) is 40.4 Å². The lowest BCUT2D eigenvalue weighted by molar-refractivity contribution is -0.162. The number of thioether (sulfide) groups is 1. The highest BCUT2D eigenvalue weighted by molar-refractivity contribution is 8.00.